The molecule has 0 saturated heterocycles. The van der Waals surface area contributed by atoms with Crippen molar-refractivity contribution >= 4 is 5.91 Å². The molecule has 0 spiro atoms. The van der Waals surface area contributed by atoms with Gasteiger partial charge < -0.3 is 5.32 Å². The van der Waals surface area contributed by atoms with Crippen LogP contribution in [-0.2, 0) is 4.79 Å². The molecular weight excluding hydrogens is 308 g/mol. The molecule has 0 aromatic heterocycles. The molecule has 2 aromatic rings. The first-order valence-electron chi connectivity index (χ1n) is 9.30. The average molecular weight is 336 g/mol. The van der Waals surface area contributed by atoms with Gasteiger partial charge in [-0.1, -0.05) is 74.5 Å². The maximum Gasteiger partial charge on any atom is 0.241 e. The summed E-state index contributed by atoms with van der Waals surface area (Å²) in [4.78, 5) is 12.9. The Morgan fingerprint density at radius 1 is 0.960 bits per heavy atom. The molecule has 132 valence electrons. The van der Waals surface area contributed by atoms with Crippen LogP contribution in [0.25, 0.3) is 0 Å². The molecule has 1 aliphatic rings. The Bertz CT molecular complexity index is 665. The van der Waals surface area contributed by atoms with Gasteiger partial charge >= 0.3 is 0 Å². The van der Waals surface area contributed by atoms with Crippen LogP contribution in [0, 0.1) is 5.92 Å². The Morgan fingerprint density at radius 2 is 1.52 bits per heavy atom. The van der Waals surface area contributed by atoms with E-state index in [-0.39, 0.29) is 18.0 Å². The van der Waals surface area contributed by atoms with Crippen molar-refractivity contribution in [3.8, 4) is 0 Å². The predicted octanol–water partition coefficient (Wildman–Crippen LogP) is 4.38. The molecular formula is C22H28N2O. The molecule has 3 rings (SSSR count). The standard InChI is InChI=1S/C22H28N2O/c1-16(2)15-20(17-9-5-3-6-10-17)24-21(18-11-7-4-8-12-18)22(25)23-19-13-14-19/h3-12,16,19-21,24H,13-15H2,1-2H3,(H,23,25)/t20-,21+/m1/s1. The summed E-state index contributed by atoms with van der Waals surface area (Å²) in [5, 5.41) is 6.80. The van der Waals surface area contributed by atoms with Gasteiger partial charge in [-0.3, -0.25) is 10.1 Å². The second kappa shape index (κ2) is 8.30. The number of hydrogen-bond acceptors (Lipinski definition) is 2. The molecule has 25 heavy (non-hydrogen) atoms. The second-order valence-electron chi connectivity index (χ2n) is 7.39. The van der Waals surface area contributed by atoms with Gasteiger partial charge in [0.25, 0.3) is 0 Å². The summed E-state index contributed by atoms with van der Waals surface area (Å²) < 4.78 is 0. The van der Waals surface area contributed by atoms with Gasteiger partial charge in [0.15, 0.2) is 0 Å². The quantitative estimate of drug-likeness (QED) is 0.751. The minimum absolute atomic E-state index is 0.0818. The van der Waals surface area contributed by atoms with Crippen LogP contribution in [0.1, 0.15) is 56.3 Å². The van der Waals surface area contributed by atoms with Gasteiger partial charge in [-0.05, 0) is 36.3 Å². The first-order chi connectivity index (χ1) is 12.1. The fourth-order valence-electron chi connectivity index (χ4n) is 3.14. The molecule has 0 radical (unpaired) electrons. The highest BCUT2D eigenvalue weighted by molar-refractivity contribution is 5.83. The zero-order chi connectivity index (χ0) is 17.6. The van der Waals surface area contributed by atoms with E-state index in [4.69, 9.17) is 0 Å². The number of benzene rings is 2. The van der Waals surface area contributed by atoms with E-state index in [9.17, 15) is 4.79 Å². The van der Waals surface area contributed by atoms with Gasteiger partial charge in [-0.2, -0.15) is 0 Å². The van der Waals surface area contributed by atoms with Gasteiger partial charge in [-0.25, -0.2) is 0 Å². The largest absolute Gasteiger partial charge is 0.352 e. The Labute approximate surface area is 150 Å². The molecule has 0 aliphatic heterocycles. The van der Waals surface area contributed by atoms with E-state index in [0.717, 1.165) is 24.8 Å². The fraction of sp³-hybridized carbons (Fsp3) is 0.409. The Balaban J connectivity index is 1.84. The van der Waals surface area contributed by atoms with Crippen molar-refractivity contribution in [2.45, 2.75) is 51.2 Å². The van der Waals surface area contributed by atoms with E-state index >= 15 is 0 Å². The van der Waals surface area contributed by atoms with Crippen molar-refractivity contribution in [2.75, 3.05) is 0 Å². The Kier molecular flexibility index (Phi) is 5.87. The van der Waals surface area contributed by atoms with E-state index in [1.54, 1.807) is 0 Å². The number of carbonyl (C=O) groups is 1. The summed E-state index contributed by atoms with van der Waals surface area (Å²) in [5.74, 6) is 0.624. The van der Waals surface area contributed by atoms with Crippen LogP contribution >= 0.6 is 0 Å². The molecule has 0 unspecified atom stereocenters. The molecule has 3 nitrogen and oxygen atoms in total. The van der Waals surface area contributed by atoms with Gasteiger partial charge in [0.2, 0.25) is 5.91 Å². The van der Waals surface area contributed by atoms with Crippen LogP contribution < -0.4 is 10.6 Å². The lowest BCUT2D eigenvalue weighted by atomic mass is 9.95. The fourth-order valence-corrected chi connectivity index (χ4v) is 3.14. The number of carbonyl (C=O) groups excluding carboxylic acids is 1. The second-order valence-corrected chi connectivity index (χ2v) is 7.39. The molecule has 2 aromatic carbocycles. The third-order valence-electron chi connectivity index (χ3n) is 4.60. The molecule has 1 amide bonds. The van der Waals surface area contributed by atoms with Crippen molar-refractivity contribution < 1.29 is 4.79 Å². The number of amides is 1. The van der Waals surface area contributed by atoms with E-state index < -0.39 is 0 Å². The third-order valence-corrected chi connectivity index (χ3v) is 4.60. The SMILES string of the molecule is CC(C)C[C@@H](N[C@H](C(=O)NC1CC1)c1ccccc1)c1ccccc1. The van der Waals surface area contributed by atoms with Crippen LogP contribution in [0.4, 0.5) is 0 Å². The van der Waals surface area contributed by atoms with E-state index in [2.05, 4.69) is 48.7 Å². The van der Waals surface area contributed by atoms with Crippen molar-refractivity contribution in [1.82, 2.24) is 10.6 Å². The van der Waals surface area contributed by atoms with Gasteiger partial charge in [0, 0.05) is 12.1 Å². The normalized spacial score (nSPS) is 16.4. The van der Waals surface area contributed by atoms with Crippen LogP contribution in [-0.4, -0.2) is 11.9 Å². The van der Waals surface area contributed by atoms with E-state index in [0.29, 0.717) is 12.0 Å². The molecule has 3 heteroatoms. The predicted molar refractivity (Wildman–Crippen MR) is 102 cm³/mol. The number of nitrogens with one attached hydrogen (secondary N) is 2. The maximum absolute atomic E-state index is 12.9. The summed E-state index contributed by atoms with van der Waals surface area (Å²) >= 11 is 0. The highest BCUT2D eigenvalue weighted by Gasteiger charge is 2.30. The lowest BCUT2D eigenvalue weighted by Crippen LogP contribution is -2.40. The van der Waals surface area contributed by atoms with Crippen molar-refractivity contribution in [3.05, 3.63) is 71.8 Å². The van der Waals surface area contributed by atoms with Gasteiger partial charge in [0.1, 0.15) is 6.04 Å². The lowest BCUT2D eigenvalue weighted by Gasteiger charge is -2.27. The van der Waals surface area contributed by atoms with Crippen LogP contribution in [0.15, 0.2) is 60.7 Å². The minimum atomic E-state index is -0.328. The summed E-state index contributed by atoms with van der Waals surface area (Å²) in [6.07, 6.45) is 3.19. The van der Waals surface area contributed by atoms with Crippen molar-refractivity contribution in [2.24, 2.45) is 5.92 Å². The summed E-state index contributed by atoms with van der Waals surface area (Å²) in [5.41, 5.74) is 2.25. The first-order valence-corrected chi connectivity index (χ1v) is 9.30. The van der Waals surface area contributed by atoms with E-state index in [1.807, 2.05) is 36.4 Å². The maximum atomic E-state index is 12.9. The topological polar surface area (TPSA) is 41.1 Å². The molecule has 1 saturated carbocycles. The number of hydrogen-bond donors (Lipinski definition) is 2. The monoisotopic (exact) mass is 336 g/mol. The molecule has 0 bridgehead atoms. The average Bonchev–Trinajstić information content (AvgIpc) is 3.43. The Morgan fingerprint density at radius 3 is 2.04 bits per heavy atom. The van der Waals surface area contributed by atoms with Gasteiger partial charge in [-0.15, -0.1) is 0 Å². The number of rotatable bonds is 8. The molecule has 1 fully saturated rings. The van der Waals surface area contributed by atoms with Crippen molar-refractivity contribution in [1.29, 1.82) is 0 Å². The zero-order valence-electron chi connectivity index (χ0n) is 15.1. The summed E-state index contributed by atoms with van der Waals surface area (Å²) in [7, 11) is 0. The smallest absolute Gasteiger partial charge is 0.241 e. The molecule has 1 aliphatic carbocycles. The van der Waals surface area contributed by atoms with Crippen LogP contribution in [0.3, 0.4) is 0 Å². The highest BCUT2D eigenvalue weighted by atomic mass is 16.2. The summed E-state index contributed by atoms with van der Waals surface area (Å²) in [6, 6.07) is 20.7. The van der Waals surface area contributed by atoms with Crippen molar-refractivity contribution in [3.63, 3.8) is 0 Å². The van der Waals surface area contributed by atoms with Crippen LogP contribution in [0.5, 0.6) is 0 Å². The summed E-state index contributed by atoms with van der Waals surface area (Å²) in [6.45, 7) is 4.44. The molecule has 2 N–H and O–H groups in total. The third kappa shape index (κ3) is 5.17. The highest BCUT2D eigenvalue weighted by Crippen LogP contribution is 2.27. The van der Waals surface area contributed by atoms with E-state index in [1.165, 1.54) is 5.56 Å². The minimum Gasteiger partial charge on any atom is -0.352 e. The van der Waals surface area contributed by atoms with Gasteiger partial charge in [0.05, 0.1) is 0 Å². The van der Waals surface area contributed by atoms with Crippen LogP contribution in [0.2, 0.25) is 0 Å². The molecule has 2 atom stereocenters. The molecule has 0 heterocycles. The Hall–Kier alpha value is -2.13. The zero-order valence-corrected chi connectivity index (χ0v) is 15.1. The first kappa shape index (κ1) is 17.7. The lowest BCUT2D eigenvalue weighted by molar-refractivity contribution is -0.123.